The lowest BCUT2D eigenvalue weighted by Gasteiger charge is -2.00. The molecule has 0 unspecified atom stereocenters. The van der Waals surface area contributed by atoms with Gasteiger partial charge in [-0.3, -0.25) is 10.4 Å². The molecule has 0 aliphatic rings. The summed E-state index contributed by atoms with van der Waals surface area (Å²) >= 11 is 0. The molecule has 4 N–H and O–H groups in total. The van der Waals surface area contributed by atoms with Gasteiger partial charge in [0, 0.05) is 0 Å². The van der Waals surface area contributed by atoms with E-state index in [0.717, 1.165) is 5.56 Å². The van der Waals surface area contributed by atoms with Gasteiger partial charge in [-0.25, -0.2) is 9.78 Å². The molecule has 2 heterocycles. The zero-order valence-corrected chi connectivity index (χ0v) is 10.2. The number of rotatable bonds is 3. The van der Waals surface area contributed by atoms with Gasteiger partial charge in [-0.1, -0.05) is 0 Å². The van der Waals surface area contributed by atoms with E-state index in [2.05, 4.69) is 30.5 Å². The molecule has 100 valence electrons. The van der Waals surface area contributed by atoms with Gasteiger partial charge in [0.15, 0.2) is 11.5 Å². The normalized spacial score (nSPS) is 11.2. The molecular weight excluding hydrogens is 260 g/mol. The lowest BCUT2D eigenvalue weighted by atomic mass is 10.2. The molecular formula is C12H10N6O2. The number of aromatic nitrogens is 4. The molecule has 0 aliphatic heterocycles. The van der Waals surface area contributed by atoms with E-state index < -0.39 is 5.69 Å². The first-order valence-corrected chi connectivity index (χ1v) is 5.74. The van der Waals surface area contributed by atoms with E-state index >= 15 is 0 Å². The predicted molar refractivity (Wildman–Crippen MR) is 73.8 cm³/mol. The van der Waals surface area contributed by atoms with Gasteiger partial charge < -0.3 is 10.1 Å². The molecule has 2 aromatic heterocycles. The number of hydrazone groups is 1. The fourth-order valence-electron chi connectivity index (χ4n) is 1.66. The second-order valence-corrected chi connectivity index (χ2v) is 3.98. The molecule has 0 bridgehead atoms. The summed E-state index contributed by atoms with van der Waals surface area (Å²) in [6.45, 7) is 0. The third-order valence-corrected chi connectivity index (χ3v) is 2.59. The molecule has 20 heavy (non-hydrogen) atoms. The van der Waals surface area contributed by atoms with Crippen molar-refractivity contribution in [2.45, 2.75) is 0 Å². The van der Waals surface area contributed by atoms with E-state index in [1.165, 1.54) is 6.33 Å². The Morgan fingerprint density at radius 1 is 1.30 bits per heavy atom. The minimum atomic E-state index is -0.507. The fraction of sp³-hybridized carbons (Fsp3) is 0. The van der Waals surface area contributed by atoms with Crippen molar-refractivity contribution in [3.8, 4) is 5.75 Å². The first-order chi connectivity index (χ1) is 9.72. The molecule has 0 saturated heterocycles. The van der Waals surface area contributed by atoms with Crippen molar-refractivity contribution in [2.24, 2.45) is 5.10 Å². The summed E-state index contributed by atoms with van der Waals surface area (Å²) in [7, 11) is 0. The summed E-state index contributed by atoms with van der Waals surface area (Å²) in [5.74, 6) is 0.570. The van der Waals surface area contributed by atoms with Crippen LogP contribution in [0.15, 0.2) is 40.5 Å². The van der Waals surface area contributed by atoms with Crippen molar-refractivity contribution in [3.63, 3.8) is 0 Å². The lowest BCUT2D eigenvalue weighted by molar-refractivity contribution is 0.475. The van der Waals surface area contributed by atoms with Crippen LogP contribution in [-0.2, 0) is 0 Å². The number of anilines is 1. The summed E-state index contributed by atoms with van der Waals surface area (Å²) in [5.41, 5.74) is 3.89. The number of aromatic hydroxyl groups is 1. The largest absolute Gasteiger partial charge is 0.508 e. The minimum Gasteiger partial charge on any atom is -0.508 e. The minimum absolute atomic E-state index is 0.188. The second-order valence-electron chi connectivity index (χ2n) is 3.98. The van der Waals surface area contributed by atoms with Crippen LogP contribution in [0.4, 0.5) is 5.82 Å². The van der Waals surface area contributed by atoms with Gasteiger partial charge in [0.1, 0.15) is 11.3 Å². The number of nitrogens with zero attached hydrogens (tertiary/aromatic N) is 3. The quantitative estimate of drug-likeness (QED) is 0.414. The topological polar surface area (TPSA) is 119 Å². The Kier molecular flexibility index (Phi) is 2.88. The average molecular weight is 270 g/mol. The van der Waals surface area contributed by atoms with Crippen LogP contribution in [-0.4, -0.2) is 31.3 Å². The van der Waals surface area contributed by atoms with Gasteiger partial charge in [0.2, 0.25) is 0 Å². The number of nitrogens with one attached hydrogen (secondary N) is 3. The van der Waals surface area contributed by atoms with Gasteiger partial charge in [-0.15, -0.1) is 0 Å². The standard InChI is InChI=1S/C12H10N6O2/c19-8-3-1-7(2-4-8)5-15-18-11-9-10(14-6-13-9)16-12(20)17-11/h1-6,19H,(H3,13,14,16,17,18,20)/b15-5+. The highest BCUT2D eigenvalue weighted by atomic mass is 16.3. The number of phenols is 1. The van der Waals surface area contributed by atoms with E-state index in [0.29, 0.717) is 17.0 Å². The molecule has 0 radical (unpaired) electrons. The molecule has 0 aliphatic carbocycles. The van der Waals surface area contributed by atoms with E-state index in [1.54, 1.807) is 30.5 Å². The molecule has 0 saturated carbocycles. The Morgan fingerprint density at radius 3 is 2.90 bits per heavy atom. The van der Waals surface area contributed by atoms with Crippen LogP contribution in [0.25, 0.3) is 11.2 Å². The smallest absolute Gasteiger partial charge is 0.348 e. The number of fused-ring (bicyclic) bond motifs is 1. The van der Waals surface area contributed by atoms with Crippen LogP contribution in [0.1, 0.15) is 5.56 Å². The van der Waals surface area contributed by atoms with Crippen LogP contribution >= 0.6 is 0 Å². The fourth-order valence-corrected chi connectivity index (χ4v) is 1.66. The summed E-state index contributed by atoms with van der Waals surface area (Å²) in [4.78, 5) is 24.3. The van der Waals surface area contributed by atoms with Crippen molar-refractivity contribution in [1.29, 1.82) is 0 Å². The van der Waals surface area contributed by atoms with E-state index in [9.17, 15) is 4.79 Å². The number of H-pyrrole nitrogens is 2. The third kappa shape index (κ3) is 2.34. The summed E-state index contributed by atoms with van der Waals surface area (Å²) in [5, 5.41) is 13.2. The maximum atomic E-state index is 11.3. The molecule has 8 nitrogen and oxygen atoms in total. The molecule has 1 aromatic carbocycles. The Balaban J connectivity index is 1.84. The van der Waals surface area contributed by atoms with Crippen molar-refractivity contribution < 1.29 is 5.11 Å². The van der Waals surface area contributed by atoms with E-state index in [-0.39, 0.29) is 5.75 Å². The van der Waals surface area contributed by atoms with Crippen LogP contribution in [0.3, 0.4) is 0 Å². The van der Waals surface area contributed by atoms with Crippen LogP contribution in [0, 0.1) is 0 Å². The van der Waals surface area contributed by atoms with E-state index in [1.807, 2.05) is 0 Å². The van der Waals surface area contributed by atoms with Gasteiger partial charge in [-0.05, 0) is 29.8 Å². The summed E-state index contributed by atoms with van der Waals surface area (Å²) in [6, 6.07) is 6.54. The number of benzene rings is 1. The highest BCUT2D eigenvalue weighted by Crippen LogP contribution is 2.12. The zero-order valence-electron chi connectivity index (χ0n) is 10.2. The molecule has 0 atom stereocenters. The van der Waals surface area contributed by atoms with Gasteiger partial charge in [0.25, 0.3) is 0 Å². The molecule has 3 rings (SSSR count). The molecule has 0 spiro atoms. The molecule has 0 fully saturated rings. The monoisotopic (exact) mass is 270 g/mol. The average Bonchev–Trinajstić information content (AvgIpc) is 2.89. The maximum absolute atomic E-state index is 11.3. The predicted octanol–water partition coefficient (Wildman–Crippen LogP) is 0.798. The van der Waals surface area contributed by atoms with Crippen molar-refractivity contribution in [2.75, 3.05) is 5.43 Å². The molecule has 0 amide bonds. The number of hydrogen-bond donors (Lipinski definition) is 4. The van der Waals surface area contributed by atoms with Crippen LogP contribution < -0.4 is 11.1 Å². The molecule has 3 aromatic rings. The number of phenolic OH excluding ortho intramolecular Hbond substituents is 1. The summed E-state index contributed by atoms with van der Waals surface area (Å²) < 4.78 is 0. The Hall–Kier alpha value is -3.16. The van der Waals surface area contributed by atoms with Crippen LogP contribution in [0.2, 0.25) is 0 Å². The van der Waals surface area contributed by atoms with Gasteiger partial charge in [0.05, 0.1) is 12.5 Å². The highest BCUT2D eigenvalue weighted by Gasteiger charge is 2.05. The lowest BCUT2D eigenvalue weighted by Crippen LogP contribution is -2.12. The first-order valence-electron chi connectivity index (χ1n) is 5.74. The Morgan fingerprint density at radius 2 is 2.10 bits per heavy atom. The molecule has 8 heteroatoms. The van der Waals surface area contributed by atoms with Crippen LogP contribution in [0.5, 0.6) is 5.75 Å². The first kappa shape index (κ1) is 11.9. The zero-order chi connectivity index (χ0) is 13.9. The van der Waals surface area contributed by atoms with Crippen molar-refractivity contribution in [1.82, 2.24) is 19.9 Å². The third-order valence-electron chi connectivity index (χ3n) is 2.59. The van der Waals surface area contributed by atoms with Gasteiger partial charge in [-0.2, -0.15) is 10.1 Å². The Bertz CT molecular complexity index is 818. The second kappa shape index (κ2) is 4.84. The van der Waals surface area contributed by atoms with Crippen molar-refractivity contribution in [3.05, 3.63) is 46.6 Å². The van der Waals surface area contributed by atoms with E-state index in [4.69, 9.17) is 5.11 Å². The highest BCUT2D eigenvalue weighted by molar-refractivity contribution is 5.84. The maximum Gasteiger partial charge on any atom is 0.348 e. The SMILES string of the molecule is O=c1nc2nc[nH]c2c(N/N=C/c2ccc(O)cc2)[nH]1. The summed E-state index contributed by atoms with van der Waals surface area (Å²) in [6.07, 6.45) is 3.00. The number of imidazole rings is 1. The van der Waals surface area contributed by atoms with Crippen molar-refractivity contribution >= 4 is 23.2 Å². The number of hydrogen-bond acceptors (Lipinski definition) is 6. The van der Waals surface area contributed by atoms with Gasteiger partial charge >= 0.3 is 5.69 Å². The number of aromatic amines is 2. The Labute approximate surface area is 112 Å².